The highest BCUT2D eigenvalue weighted by atomic mass is 79.9. The van der Waals surface area contributed by atoms with Crippen molar-refractivity contribution in [2.75, 3.05) is 18.5 Å². The summed E-state index contributed by atoms with van der Waals surface area (Å²) in [6.45, 7) is 7.00. The van der Waals surface area contributed by atoms with Crippen molar-refractivity contribution < 1.29 is 9.84 Å². The molecule has 0 unspecified atom stereocenters. The number of ether oxygens (including phenoxy) is 1. The zero-order valence-corrected chi connectivity index (χ0v) is 12.9. The molecule has 1 N–H and O–H groups in total. The summed E-state index contributed by atoms with van der Waals surface area (Å²) in [5.74, 6) is 0. The summed E-state index contributed by atoms with van der Waals surface area (Å²) < 4.78 is 5.89. The van der Waals surface area contributed by atoms with Gasteiger partial charge < -0.3 is 9.84 Å². The van der Waals surface area contributed by atoms with Gasteiger partial charge in [0.05, 0.1) is 18.8 Å². The van der Waals surface area contributed by atoms with Crippen LogP contribution in [-0.2, 0) is 4.74 Å². The predicted octanol–water partition coefficient (Wildman–Crippen LogP) is 3.64. The Balaban J connectivity index is 2.10. The molecule has 1 heterocycles. The number of alkyl halides is 1. The minimum Gasteiger partial charge on any atom is -0.396 e. The molecule has 1 aromatic carbocycles. The van der Waals surface area contributed by atoms with Gasteiger partial charge in [-0.05, 0) is 30.9 Å². The maximum absolute atomic E-state index is 9.80. The molecule has 0 spiro atoms. The van der Waals surface area contributed by atoms with Crippen LogP contribution in [0.15, 0.2) is 36.9 Å². The lowest BCUT2D eigenvalue weighted by Crippen LogP contribution is -2.30. The van der Waals surface area contributed by atoms with Crippen LogP contribution in [0.4, 0.5) is 0 Å². The summed E-state index contributed by atoms with van der Waals surface area (Å²) in [6, 6.07) is 10.2. The van der Waals surface area contributed by atoms with E-state index in [1.165, 1.54) is 0 Å². The van der Waals surface area contributed by atoms with Crippen LogP contribution >= 0.6 is 15.9 Å². The minimum atomic E-state index is -0.199. The monoisotopic (exact) mass is 324 g/mol. The molecule has 0 bridgehead atoms. The third kappa shape index (κ3) is 3.28. The lowest BCUT2D eigenvalue weighted by molar-refractivity contribution is 0.0309. The van der Waals surface area contributed by atoms with E-state index in [0.29, 0.717) is 6.61 Å². The average molecular weight is 325 g/mol. The van der Waals surface area contributed by atoms with Gasteiger partial charge in [-0.2, -0.15) is 0 Å². The maximum atomic E-state index is 9.80. The summed E-state index contributed by atoms with van der Waals surface area (Å²) >= 11 is 3.50. The summed E-state index contributed by atoms with van der Waals surface area (Å²) in [6.07, 6.45) is 1.63. The van der Waals surface area contributed by atoms with E-state index in [4.69, 9.17) is 4.74 Å². The molecule has 2 atom stereocenters. The number of hydrogen-bond donors (Lipinski definition) is 1. The molecule has 0 aliphatic carbocycles. The van der Waals surface area contributed by atoms with Crippen molar-refractivity contribution >= 4 is 21.5 Å². The van der Waals surface area contributed by atoms with Gasteiger partial charge in [-0.3, -0.25) is 0 Å². The van der Waals surface area contributed by atoms with Crippen molar-refractivity contribution in [3.63, 3.8) is 0 Å². The number of allylic oxidation sites excluding steroid dienone is 1. The fraction of sp³-hybridized carbons (Fsp3) is 0.500. The van der Waals surface area contributed by atoms with Crippen molar-refractivity contribution in [3.8, 4) is 0 Å². The van der Waals surface area contributed by atoms with E-state index < -0.39 is 0 Å². The zero-order chi connectivity index (χ0) is 13.9. The van der Waals surface area contributed by atoms with E-state index in [1.807, 2.05) is 18.2 Å². The third-order valence-electron chi connectivity index (χ3n) is 3.86. The first-order chi connectivity index (χ1) is 9.02. The summed E-state index contributed by atoms with van der Waals surface area (Å²) in [4.78, 5) is 0. The van der Waals surface area contributed by atoms with E-state index in [-0.39, 0.29) is 17.6 Å². The van der Waals surface area contributed by atoms with E-state index in [2.05, 4.69) is 41.6 Å². The molecule has 104 valence electrons. The van der Waals surface area contributed by atoms with Crippen molar-refractivity contribution in [2.45, 2.75) is 25.4 Å². The Morgan fingerprint density at radius 1 is 1.42 bits per heavy atom. The third-order valence-corrected chi connectivity index (χ3v) is 5.05. The van der Waals surface area contributed by atoms with Crippen molar-refractivity contribution in [3.05, 3.63) is 42.5 Å². The van der Waals surface area contributed by atoms with Crippen LogP contribution < -0.4 is 0 Å². The number of rotatable bonds is 5. The van der Waals surface area contributed by atoms with Gasteiger partial charge in [0.1, 0.15) is 0 Å². The molecule has 0 radical (unpaired) electrons. The van der Waals surface area contributed by atoms with E-state index in [1.54, 1.807) is 0 Å². The number of aliphatic hydroxyl groups is 1. The number of hydrogen-bond acceptors (Lipinski definition) is 2. The van der Waals surface area contributed by atoms with Crippen LogP contribution in [0.1, 0.15) is 25.3 Å². The molecule has 3 heteroatoms. The molecule has 0 aromatic heterocycles. The molecule has 1 aromatic rings. The SMILES string of the molecule is C=C(C[C@@]1(CO)CO[C@@](C)(CBr)C1)c1ccccc1. The van der Waals surface area contributed by atoms with Crippen molar-refractivity contribution in [1.29, 1.82) is 0 Å². The van der Waals surface area contributed by atoms with Gasteiger partial charge in [0, 0.05) is 10.7 Å². The smallest absolute Gasteiger partial charge is 0.0758 e. The predicted molar refractivity (Wildman–Crippen MR) is 82.4 cm³/mol. The van der Waals surface area contributed by atoms with Crippen LogP contribution in [0.25, 0.3) is 5.57 Å². The molecule has 1 fully saturated rings. The second kappa shape index (κ2) is 5.78. The second-order valence-electron chi connectivity index (χ2n) is 5.85. The van der Waals surface area contributed by atoms with E-state index in [0.717, 1.165) is 29.3 Å². The van der Waals surface area contributed by atoms with Gasteiger partial charge in [0.15, 0.2) is 0 Å². The minimum absolute atomic E-state index is 0.140. The first kappa shape index (κ1) is 14.8. The summed E-state index contributed by atoms with van der Waals surface area (Å²) in [5, 5.41) is 10.6. The molecule has 1 aliphatic rings. The largest absolute Gasteiger partial charge is 0.396 e. The van der Waals surface area contributed by atoms with Crippen LogP contribution in [0.2, 0.25) is 0 Å². The molecule has 2 rings (SSSR count). The van der Waals surface area contributed by atoms with Gasteiger partial charge in [-0.1, -0.05) is 52.8 Å². The molecule has 2 nitrogen and oxygen atoms in total. The first-order valence-corrected chi connectivity index (χ1v) is 7.69. The Morgan fingerprint density at radius 2 is 2.11 bits per heavy atom. The van der Waals surface area contributed by atoms with Crippen molar-refractivity contribution in [2.24, 2.45) is 5.41 Å². The lowest BCUT2D eigenvalue weighted by Gasteiger charge is -2.28. The zero-order valence-electron chi connectivity index (χ0n) is 11.4. The number of aliphatic hydroxyl groups excluding tert-OH is 1. The highest BCUT2D eigenvalue weighted by Crippen LogP contribution is 2.45. The van der Waals surface area contributed by atoms with E-state index >= 15 is 0 Å². The lowest BCUT2D eigenvalue weighted by atomic mass is 9.77. The Morgan fingerprint density at radius 3 is 2.63 bits per heavy atom. The van der Waals surface area contributed by atoms with Gasteiger partial charge in [0.25, 0.3) is 0 Å². The molecule has 1 saturated heterocycles. The van der Waals surface area contributed by atoms with Gasteiger partial charge in [-0.15, -0.1) is 0 Å². The highest BCUT2D eigenvalue weighted by molar-refractivity contribution is 9.09. The van der Waals surface area contributed by atoms with Crippen LogP contribution in [0.3, 0.4) is 0 Å². The highest BCUT2D eigenvalue weighted by Gasteiger charge is 2.46. The van der Waals surface area contributed by atoms with Gasteiger partial charge in [0.2, 0.25) is 0 Å². The molecular weight excluding hydrogens is 304 g/mol. The average Bonchev–Trinajstić information content (AvgIpc) is 2.79. The Kier molecular flexibility index (Phi) is 4.49. The maximum Gasteiger partial charge on any atom is 0.0758 e. The quantitative estimate of drug-likeness (QED) is 0.838. The topological polar surface area (TPSA) is 29.5 Å². The van der Waals surface area contributed by atoms with Gasteiger partial charge >= 0.3 is 0 Å². The second-order valence-corrected chi connectivity index (χ2v) is 6.41. The Hall–Kier alpha value is -0.640. The molecule has 0 saturated carbocycles. The fourth-order valence-corrected chi connectivity index (χ4v) is 3.17. The van der Waals surface area contributed by atoms with Gasteiger partial charge in [-0.25, -0.2) is 0 Å². The van der Waals surface area contributed by atoms with Crippen LogP contribution in [-0.4, -0.2) is 29.3 Å². The van der Waals surface area contributed by atoms with Crippen LogP contribution in [0, 0.1) is 5.41 Å². The van der Waals surface area contributed by atoms with Crippen molar-refractivity contribution in [1.82, 2.24) is 0 Å². The normalized spacial score (nSPS) is 30.5. The molecule has 19 heavy (non-hydrogen) atoms. The molecular formula is C16H21BrO2. The number of benzene rings is 1. The summed E-state index contributed by atoms with van der Waals surface area (Å²) in [5.41, 5.74) is 1.83. The summed E-state index contributed by atoms with van der Waals surface area (Å²) in [7, 11) is 0. The Bertz CT molecular complexity index is 445. The first-order valence-electron chi connectivity index (χ1n) is 6.57. The van der Waals surface area contributed by atoms with Crippen LogP contribution in [0.5, 0.6) is 0 Å². The fourth-order valence-electron chi connectivity index (χ4n) is 2.81. The van der Waals surface area contributed by atoms with E-state index in [9.17, 15) is 5.11 Å². The standard InChI is InChI=1S/C16H21BrO2/c1-13(14-6-4-3-5-7-14)8-16(11-18)9-15(2,10-17)19-12-16/h3-7,18H,1,8-12H2,2H3/t15-,16-/m1/s1. The Labute approximate surface area is 123 Å². The molecule has 0 amide bonds. The molecule has 1 aliphatic heterocycles. The number of halogens is 1.